The minimum absolute atomic E-state index is 0.225. The van der Waals surface area contributed by atoms with Gasteiger partial charge in [0.2, 0.25) is 0 Å². The maximum Gasteiger partial charge on any atom is 0.0142 e. The zero-order valence-corrected chi connectivity index (χ0v) is 28.3. The van der Waals surface area contributed by atoms with Crippen molar-refractivity contribution in [1.29, 1.82) is 0 Å². The summed E-state index contributed by atoms with van der Waals surface area (Å²) in [5.74, 6) is 0.955. The summed E-state index contributed by atoms with van der Waals surface area (Å²) in [5, 5.41) is 0.664. The number of anilines is 3. The van der Waals surface area contributed by atoms with Crippen LogP contribution in [0.15, 0.2) is 54.6 Å². The van der Waals surface area contributed by atoms with E-state index in [0.29, 0.717) is 5.02 Å². The van der Waals surface area contributed by atoms with Crippen molar-refractivity contribution in [2.75, 3.05) is 36.2 Å². The molecule has 0 aromatic heterocycles. The summed E-state index contributed by atoms with van der Waals surface area (Å²) in [6.45, 7) is 15.1. The first-order chi connectivity index (χ1) is 18.5. The number of aryl methyl sites for hydroxylation is 3. The Morgan fingerprint density at radius 1 is 1.00 bits per heavy atom. The van der Waals surface area contributed by atoms with Gasteiger partial charge in [0.15, 0.2) is 0 Å². The minimum Gasteiger partial charge on any atom is -0.506 e. The van der Waals surface area contributed by atoms with Gasteiger partial charge in [0, 0.05) is 12.2 Å². The SMILES string of the molecule is CC(C)[OH+]c1ccccc1N(C)c1ccc(Cl)cc1[CH]=[Ru]([Cl])[Cl].CSN1[CH-]N(c2c(C)cc(C)cc2C)CC1. The van der Waals surface area contributed by atoms with Crippen LogP contribution in [0.5, 0.6) is 5.75 Å². The maximum absolute atomic E-state index is 6.12. The van der Waals surface area contributed by atoms with E-state index in [0.717, 1.165) is 35.8 Å². The number of halogens is 3. The molecule has 1 aliphatic rings. The fraction of sp³-hybridized carbons (Fsp3) is 0.333. The van der Waals surface area contributed by atoms with E-state index < -0.39 is 13.5 Å². The zero-order valence-electron chi connectivity index (χ0n) is 23.5. The molecule has 4 rings (SSSR count). The molecule has 3 aromatic carbocycles. The summed E-state index contributed by atoms with van der Waals surface area (Å²) in [5.41, 5.74) is 8.44. The summed E-state index contributed by atoms with van der Waals surface area (Å²) in [7, 11) is 14.1. The van der Waals surface area contributed by atoms with Crippen molar-refractivity contribution < 1.29 is 18.3 Å². The van der Waals surface area contributed by atoms with Crippen LogP contribution in [0.2, 0.25) is 5.02 Å². The molecule has 1 aliphatic heterocycles. The molecule has 9 heteroatoms. The van der Waals surface area contributed by atoms with Gasteiger partial charge in [0.1, 0.15) is 0 Å². The second kappa shape index (κ2) is 15.1. The largest absolute Gasteiger partial charge is 0.506 e. The normalized spacial score (nSPS) is 13.7. The Labute approximate surface area is 256 Å². The Hall–Kier alpha value is -1.27. The molecular weight excluding hydrogens is 658 g/mol. The monoisotopic (exact) mass is 695 g/mol. The molecule has 214 valence electrons. The first-order valence-electron chi connectivity index (χ1n) is 12.7. The zero-order chi connectivity index (χ0) is 28.7. The molecule has 1 saturated heterocycles. The number of hydrogen-bond acceptors (Lipinski definition) is 4. The predicted octanol–water partition coefficient (Wildman–Crippen LogP) is 8.96. The average Bonchev–Trinajstić information content (AvgIpc) is 3.32. The summed E-state index contributed by atoms with van der Waals surface area (Å²) < 4.78 is 8.88. The van der Waals surface area contributed by atoms with Gasteiger partial charge in [-0.2, -0.15) is 6.67 Å². The fourth-order valence-corrected chi connectivity index (χ4v) is 7.12. The molecule has 3 aromatic rings. The Morgan fingerprint density at radius 3 is 2.26 bits per heavy atom. The van der Waals surface area contributed by atoms with Crippen molar-refractivity contribution in [3.05, 3.63) is 88.5 Å². The standard InChI is InChI=1S/C17H18ClNO.C13H19N2S.2ClH.Ru/c1-12(2)20-17-8-6-5-7-16(17)19(4)15-10-9-14(18)11-13(15)3;1-10-7-11(2)13(12(3)8-10)14-5-6-15(9-14)16-4;;;/h3,5-12H,1-2,4H3;7-9H,5-6H2,1-4H3;2*1H;/q;-1;;;+2/p-1. The summed E-state index contributed by atoms with van der Waals surface area (Å²) in [6, 6.07) is 18.3. The van der Waals surface area contributed by atoms with Gasteiger partial charge in [-0.1, -0.05) is 17.7 Å². The quantitative estimate of drug-likeness (QED) is 0.107. The molecule has 1 N–H and O–H groups in total. The Bertz CT molecular complexity index is 1280. The van der Waals surface area contributed by atoms with Gasteiger partial charge in [-0.25, -0.2) is 0 Å². The van der Waals surface area contributed by atoms with E-state index >= 15 is 0 Å². The van der Waals surface area contributed by atoms with Gasteiger partial charge in [-0.05, 0) is 44.7 Å². The van der Waals surface area contributed by atoms with Crippen molar-refractivity contribution in [3.8, 4) is 5.75 Å². The Morgan fingerprint density at radius 2 is 1.67 bits per heavy atom. The van der Waals surface area contributed by atoms with Crippen molar-refractivity contribution in [1.82, 2.24) is 4.31 Å². The number of rotatable bonds is 7. The van der Waals surface area contributed by atoms with E-state index in [1.54, 1.807) is 11.9 Å². The second-order valence-electron chi connectivity index (χ2n) is 9.66. The van der Waals surface area contributed by atoms with Crippen LogP contribution in [0, 0.1) is 27.4 Å². The van der Waals surface area contributed by atoms with Crippen molar-refractivity contribution >= 4 is 64.6 Å². The first-order valence-corrected chi connectivity index (χ1v) is 19.7. The third-order valence-corrected chi connectivity index (χ3v) is 8.98. The smallest absolute Gasteiger partial charge is 0.0142 e. The molecule has 1 heterocycles. The number of para-hydroxylation sites is 2. The second-order valence-corrected chi connectivity index (χ2v) is 16.7. The van der Waals surface area contributed by atoms with Crippen LogP contribution in [-0.4, -0.2) is 46.1 Å². The van der Waals surface area contributed by atoms with E-state index in [1.807, 2.05) is 48.1 Å². The molecule has 4 nitrogen and oxygen atoms in total. The number of nitrogens with zero attached hydrogens (tertiary/aromatic N) is 3. The van der Waals surface area contributed by atoms with Gasteiger partial charge >= 0.3 is 156 Å². The summed E-state index contributed by atoms with van der Waals surface area (Å²) >= 11 is 5.96. The molecule has 0 amide bonds. The Kier molecular flexibility index (Phi) is 12.5. The number of benzene rings is 3. The minimum atomic E-state index is -1.95. The van der Waals surface area contributed by atoms with Crippen LogP contribution in [0.1, 0.15) is 36.1 Å². The van der Waals surface area contributed by atoms with Crippen molar-refractivity contribution in [2.45, 2.75) is 40.7 Å². The van der Waals surface area contributed by atoms with Crippen LogP contribution in [0.3, 0.4) is 0 Å². The molecule has 0 atom stereocenters. The van der Waals surface area contributed by atoms with E-state index in [2.05, 4.69) is 79.8 Å². The van der Waals surface area contributed by atoms with Gasteiger partial charge in [-0.3, -0.25) is 0 Å². The average molecular weight is 696 g/mol. The Balaban J connectivity index is 0.000000230. The van der Waals surface area contributed by atoms with Crippen LogP contribution < -0.4 is 9.80 Å². The van der Waals surface area contributed by atoms with E-state index in [1.165, 1.54) is 22.4 Å². The van der Waals surface area contributed by atoms with Gasteiger partial charge in [-0.15, -0.1) is 11.9 Å². The topological polar surface area (TPSA) is 22.5 Å². The number of aromatic hydroxyl groups is 1. The number of ether oxygens (including phenoxy) is 1. The van der Waals surface area contributed by atoms with Crippen LogP contribution in [0.4, 0.5) is 17.1 Å². The van der Waals surface area contributed by atoms with E-state index in [4.69, 9.17) is 35.7 Å². The predicted molar refractivity (Wildman–Crippen MR) is 172 cm³/mol. The van der Waals surface area contributed by atoms with Gasteiger partial charge in [0.25, 0.3) is 0 Å². The number of aliphatic hydroxyl groups is 1. The molecule has 39 heavy (non-hydrogen) atoms. The fourth-order valence-electron chi connectivity index (χ4n) is 4.67. The van der Waals surface area contributed by atoms with Crippen LogP contribution in [-0.2, 0) is 13.5 Å². The molecular formula is C30H38Cl3N3ORuS. The molecule has 0 unspecified atom stereocenters. The molecule has 0 radical (unpaired) electrons. The first kappa shape index (κ1) is 32.3. The van der Waals surface area contributed by atoms with E-state index in [9.17, 15) is 0 Å². The summed E-state index contributed by atoms with van der Waals surface area (Å²) in [6.07, 6.45) is 2.35. The van der Waals surface area contributed by atoms with Crippen LogP contribution in [0.25, 0.3) is 0 Å². The molecule has 1 fully saturated rings. The van der Waals surface area contributed by atoms with Gasteiger partial charge < -0.3 is 9.21 Å². The summed E-state index contributed by atoms with van der Waals surface area (Å²) in [4.78, 5) is 4.45. The van der Waals surface area contributed by atoms with E-state index in [-0.39, 0.29) is 6.10 Å². The third kappa shape index (κ3) is 9.11. The van der Waals surface area contributed by atoms with Gasteiger partial charge in [0.05, 0.1) is 0 Å². The van der Waals surface area contributed by atoms with Crippen molar-refractivity contribution in [3.63, 3.8) is 0 Å². The maximum atomic E-state index is 6.12. The molecule has 0 spiro atoms. The van der Waals surface area contributed by atoms with Crippen LogP contribution >= 0.6 is 42.9 Å². The molecule has 0 bridgehead atoms. The molecule has 0 saturated carbocycles. The third-order valence-electron chi connectivity index (χ3n) is 6.16. The molecule has 0 aliphatic carbocycles. The van der Waals surface area contributed by atoms with Crippen molar-refractivity contribution in [2.24, 2.45) is 0 Å². The number of hydrogen-bond donors (Lipinski definition) is 0.